The van der Waals surface area contributed by atoms with E-state index < -0.39 is 35.9 Å². The lowest BCUT2D eigenvalue weighted by molar-refractivity contribution is -0.164. The van der Waals surface area contributed by atoms with Gasteiger partial charge >= 0.3 is 5.97 Å². The Morgan fingerprint density at radius 1 is 0.982 bits per heavy atom. The minimum absolute atomic E-state index is 0.00255. The highest BCUT2D eigenvalue weighted by Gasteiger charge is 2.43. The average Bonchev–Trinajstić information content (AvgIpc) is 3.83. The van der Waals surface area contributed by atoms with Gasteiger partial charge in [0, 0.05) is 36.5 Å². The molecule has 2 N–H and O–H groups in total. The summed E-state index contributed by atoms with van der Waals surface area (Å²) in [4.78, 5) is 76.2. The molecule has 1 aromatic carbocycles. The van der Waals surface area contributed by atoms with Crippen LogP contribution in [0.5, 0.6) is 0 Å². The topological polar surface area (TPSA) is 134 Å². The number of aliphatic imine (C=N–C) groups is 1. The van der Waals surface area contributed by atoms with Crippen LogP contribution < -0.4 is 10.6 Å². The number of nitrogens with one attached hydrogen (secondary N) is 2. The van der Waals surface area contributed by atoms with Crippen molar-refractivity contribution in [3.05, 3.63) is 35.4 Å². The summed E-state index contributed by atoms with van der Waals surface area (Å²) in [5.41, 5.74) is 1.55. The zero-order chi connectivity index (χ0) is 41.5. The first-order chi connectivity index (χ1) is 26.2. The van der Waals surface area contributed by atoms with E-state index in [4.69, 9.17) is 9.73 Å². The summed E-state index contributed by atoms with van der Waals surface area (Å²) in [5, 5.41) is 6.92. The summed E-state index contributed by atoms with van der Waals surface area (Å²) in [5.74, 6) is -1.09. The van der Waals surface area contributed by atoms with E-state index in [1.165, 1.54) is 0 Å². The molecule has 0 unspecified atom stereocenters. The number of thioether (sulfide) groups is 1. The summed E-state index contributed by atoms with van der Waals surface area (Å²) < 4.78 is 6.35. The van der Waals surface area contributed by atoms with Gasteiger partial charge in [-0.2, -0.15) is 0 Å². The van der Waals surface area contributed by atoms with Crippen LogP contribution in [-0.4, -0.2) is 82.0 Å². The van der Waals surface area contributed by atoms with Gasteiger partial charge in [-0.05, 0) is 81.1 Å². The van der Waals surface area contributed by atoms with E-state index in [-0.39, 0.29) is 58.8 Å². The second-order valence-electron chi connectivity index (χ2n) is 18.8. The summed E-state index contributed by atoms with van der Waals surface area (Å²) in [6.45, 7) is 23.1. The molecule has 4 rings (SSSR count). The van der Waals surface area contributed by atoms with E-state index in [9.17, 15) is 24.0 Å². The number of carbonyl (C=O) groups excluding carboxylic acids is 5. The van der Waals surface area contributed by atoms with E-state index in [1.54, 1.807) is 23.6 Å². The third kappa shape index (κ3) is 11.9. The average molecular weight is 795 g/mol. The molecule has 1 aromatic rings. The molecule has 0 spiro atoms. The highest BCUT2D eigenvalue weighted by atomic mass is 32.2. The number of hydrogen-bond acceptors (Lipinski definition) is 8. The fraction of sp³-hybridized carbons (Fsp3) is 0.733. The molecular formula is C45H70N4O6S. The molecule has 0 saturated carbocycles. The quantitative estimate of drug-likeness (QED) is 0.302. The fourth-order valence-electron chi connectivity index (χ4n) is 8.07. The molecule has 10 nitrogen and oxygen atoms in total. The van der Waals surface area contributed by atoms with Gasteiger partial charge in [-0.25, -0.2) is 4.79 Å². The number of amides is 3. The van der Waals surface area contributed by atoms with Crippen molar-refractivity contribution in [2.45, 2.75) is 164 Å². The Morgan fingerprint density at radius 2 is 1.66 bits per heavy atom. The normalized spacial score (nSPS) is 31.3. The van der Waals surface area contributed by atoms with Gasteiger partial charge < -0.3 is 20.3 Å². The molecule has 3 aliphatic heterocycles. The van der Waals surface area contributed by atoms with Gasteiger partial charge in [-0.15, -0.1) is 11.8 Å². The van der Waals surface area contributed by atoms with E-state index in [2.05, 4.69) is 59.1 Å². The lowest BCUT2D eigenvalue weighted by Gasteiger charge is -2.37. The number of rotatable bonds is 4. The first-order valence-electron chi connectivity index (χ1n) is 21.1. The summed E-state index contributed by atoms with van der Waals surface area (Å²) in [6, 6.07) is 5.37. The number of fused-ring (bicyclic) bond motifs is 2. The predicted octanol–water partition coefficient (Wildman–Crippen LogP) is 7.48. The molecule has 0 aromatic heterocycles. The number of hydrogen-bond donors (Lipinski definition) is 2. The molecule has 2 bridgehead atoms. The van der Waals surface area contributed by atoms with Gasteiger partial charge in [0.1, 0.15) is 30.0 Å². The van der Waals surface area contributed by atoms with Crippen molar-refractivity contribution in [1.29, 1.82) is 0 Å². The van der Waals surface area contributed by atoms with Crippen molar-refractivity contribution in [3.63, 3.8) is 0 Å². The number of esters is 1. The van der Waals surface area contributed by atoms with E-state index in [0.717, 1.165) is 28.3 Å². The van der Waals surface area contributed by atoms with Gasteiger partial charge in [-0.3, -0.25) is 24.2 Å². The molecule has 11 heteroatoms. The molecule has 9 atom stereocenters. The molecule has 1 saturated heterocycles. The smallest absolute Gasteiger partial charge is 0.329 e. The maximum Gasteiger partial charge on any atom is 0.329 e. The summed E-state index contributed by atoms with van der Waals surface area (Å²) >= 11 is 1.78. The van der Waals surface area contributed by atoms with Crippen LogP contribution in [0.25, 0.3) is 0 Å². The molecule has 0 radical (unpaired) electrons. The van der Waals surface area contributed by atoms with Crippen LogP contribution in [0.3, 0.4) is 0 Å². The SMILES string of the molecule is CC[C@H](C)[C@@H]1NC(=O)[C@H](C)NC(=O)[C@H](Cc2ccc(C)cc2)CC(=O)CC[C@@H]2CSC(=N2)C(C)(C)[C@@H](C)C[C@H](C)C[C@@H](C(C)(C)C)OC(=O)[C@@H]2CCCN2C1=O. The number of cyclic esters (lactones) is 1. The highest BCUT2D eigenvalue weighted by molar-refractivity contribution is 8.14. The van der Waals surface area contributed by atoms with Crippen LogP contribution in [0.15, 0.2) is 29.3 Å². The lowest BCUT2D eigenvalue weighted by atomic mass is 9.74. The van der Waals surface area contributed by atoms with Crippen molar-refractivity contribution in [2.24, 2.45) is 39.5 Å². The van der Waals surface area contributed by atoms with Gasteiger partial charge in [0.25, 0.3) is 0 Å². The number of aryl methyl sites for hydroxylation is 1. The third-order valence-electron chi connectivity index (χ3n) is 12.6. The van der Waals surface area contributed by atoms with E-state index in [1.807, 2.05) is 45.0 Å². The predicted molar refractivity (Wildman–Crippen MR) is 225 cm³/mol. The number of benzene rings is 1. The molecule has 312 valence electrons. The first-order valence-corrected chi connectivity index (χ1v) is 22.1. The Bertz CT molecular complexity index is 1590. The van der Waals surface area contributed by atoms with Gasteiger partial charge in [0.2, 0.25) is 17.7 Å². The standard InChI is InChI=1S/C45H70N4O6S/c1-12-29(4)38-41(53)49-21-13-14-36(49)42(54)55-37(44(7,8)9)23-28(3)22-30(5)45(10,11)43-47-34(26-56-43)19-20-35(50)25-33(24-32-17-15-27(2)16-18-32)40(52)46-31(6)39(51)48-38/h15-18,28-31,33-34,36-38H,12-14,19-26H2,1-11H3,(H,46,52)(H,48,51)/t28-,29-,30-,31-,33+,34+,36-,37-,38-/m0/s1. The molecule has 3 aliphatic rings. The Kier molecular flexibility index (Phi) is 15.8. The molecular weight excluding hydrogens is 725 g/mol. The highest BCUT2D eigenvalue weighted by Crippen LogP contribution is 2.42. The minimum Gasteiger partial charge on any atom is -0.460 e. The Morgan fingerprint density at radius 3 is 2.30 bits per heavy atom. The van der Waals surface area contributed by atoms with Crippen LogP contribution in [-0.2, 0) is 35.1 Å². The van der Waals surface area contributed by atoms with Gasteiger partial charge in [0.05, 0.1) is 11.1 Å². The minimum atomic E-state index is -0.963. The molecule has 1 fully saturated rings. The second-order valence-corrected chi connectivity index (χ2v) is 19.9. The van der Waals surface area contributed by atoms with Crippen molar-refractivity contribution >= 4 is 46.3 Å². The third-order valence-corrected chi connectivity index (χ3v) is 14.1. The molecule has 0 aliphatic carbocycles. The van der Waals surface area contributed by atoms with E-state index >= 15 is 0 Å². The van der Waals surface area contributed by atoms with Crippen molar-refractivity contribution < 1.29 is 28.7 Å². The van der Waals surface area contributed by atoms with Crippen molar-refractivity contribution in [3.8, 4) is 0 Å². The van der Waals surface area contributed by atoms with Crippen molar-refractivity contribution in [1.82, 2.24) is 15.5 Å². The summed E-state index contributed by atoms with van der Waals surface area (Å²) in [6.07, 6.45) is 4.40. The number of ether oxygens (including phenoxy) is 1. The van der Waals surface area contributed by atoms with Gasteiger partial charge in [-0.1, -0.05) is 98.6 Å². The number of ketones is 1. The Hall–Kier alpha value is -3.21. The van der Waals surface area contributed by atoms with Crippen LogP contribution in [0.1, 0.15) is 132 Å². The fourth-order valence-corrected chi connectivity index (χ4v) is 9.45. The van der Waals surface area contributed by atoms with Crippen LogP contribution in [0.4, 0.5) is 0 Å². The van der Waals surface area contributed by atoms with Gasteiger partial charge in [0.15, 0.2) is 0 Å². The molecule has 3 heterocycles. The van der Waals surface area contributed by atoms with E-state index in [0.29, 0.717) is 57.4 Å². The summed E-state index contributed by atoms with van der Waals surface area (Å²) in [7, 11) is 0. The number of carbonyl (C=O) groups is 5. The zero-order valence-corrected chi connectivity index (χ0v) is 36.9. The Balaban J connectivity index is 1.65. The molecule has 3 amide bonds. The Labute approximate surface area is 340 Å². The maximum absolute atomic E-state index is 14.3. The number of Topliss-reactive ketones (excluding diaryl/α,β-unsaturated/α-hetero) is 1. The second kappa shape index (κ2) is 19.5. The zero-order valence-electron chi connectivity index (χ0n) is 36.0. The number of nitrogens with zero attached hydrogens (tertiary/aromatic N) is 2. The lowest BCUT2D eigenvalue weighted by Crippen LogP contribution is -2.57. The van der Waals surface area contributed by atoms with Crippen LogP contribution >= 0.6 is 11.8 Å². The van der Waals surface area contributed by atoms with Crippen molar-refractivity contribution in [2.75, 3.05) is 12.3 Å². The molecule has 56 heavy (non-hydrogen) atoms. The monoisotopic (exact) mass is 795 g/mol. The van der Waals surface area contributed by atoms with Crippen LogP contribution in [0.2, 0.25) is 0 Å². The largest absolute Gasteiger partial charge is 0.460 e. The first kappa shape index (κ1) is 45.5. The van der Waals surface area contributed by atoms with Crippen LogP contribution in [0, 0.1) is 41.4 Å². The maximum atomic E-state index is 14.3.